The lowest BCUT2D eigenvalue weighted by molar-refractivity contribution is -0.131. The number of nitriles is 1. The van der Waals surface area contributed by atoms with Gasteiger partial charge < -0.3 is 5.32 Å². The van der Waals surface area contributed by atoms with Crippen LogP contribution in [0.3, 0.4) is 0 Å². The van der Waals surface area contributed by atoms with Crippen molar-refractivity contribution in [2.45, 2.75) is 31.6 Å². The third-order valence-electron chi connectivity index (χ3n) is 7.04. The van der Waals surface area contributed by atoms with E-state index in [0.29, 0.717) is 12.4 Å². The van der Waals surface area contributed by atoms with Gasteiger partial charge in [-0.05, 0) is 48.4 Å². The van der Waals surface area contributed by atoms with Crippen molar-refractivity contribution < 1.29 is 4.79 Å². The van der Waals surface area contributed by atoms with Crippen LogP contribution in [0.1, 0.15) is 36.6 Å². The number of Topliss-reactive ketones (excluding diaryl/α,β-unsaturated/α-hetero) is 1. The van der Waals surface area contributed by atoms with E-state index < -0.39 is 11.3 Å². The minimum atomic E-state index is -0.627. The predicted octanol–water partition coefficient (Wildman–Crippen LogP) is 4.82. The zero-order chi connectivity index (χ0) is 21.4. The Hall–Kier alpha value is -3.52. The van der Waals surface area contributed by atoms with Crippen LogP contribution in [0.2, 0.25) is 0 Å². The van der Waals surface area contributed by atoms with Gasteiger partial charge in [-0.3, -0.25) is 4.79 Å². The topological polar surface area (TPSA) is 78.7 Å². The molecule has 0 amide bonds. The highest BCUT2D eigenvalue weighted by Gasteiger charge is 2.56. The molecule has 5 rings (SSSR count). The molecule has 0 spiro atoms. The molecule has 154 valence electrons. The molecule has 1 N–H and O–H groups in total. The number of ketones is 1. The van der Waals surface area contributed by atoms with Gasteiger partial charge in [0.1, 0.15) is 5.92 Å². The molecule has 1 fully saturated rings. The van der Waals surface area contributed by atoms with E-state index in [1.165, 1.54) is 0 Å². The Balaban J connectivity index is 1.69. The first-order valence-corrected chi connectivity index (χ1v) is 10.8. The average molecular weight is 409 g/mol. The number of hydrogen-bond acceptors (Lipinski definition) is 5. The van der Waals surface area contributed by atoms with Crippen LogP contribution in [0, 0.1) is 29.1 Å². The molecule has 3 aromatic rings. The summed E-state index contributed by atoms with van der Waals surface area (Å²) in [6.07, 6.45) is 4.12. The number of hydrogen-bond donors (Lipinski definition) is 1. The van der Waals surface area contributed by atoms with Gasteiger partial charge in [-0.1, -0.05) is 55.5 Å². The first-order chi connectivity index (χ1) is 15.1. The zero-order valence-corrected chi connectivity index (χ0v) is 17.5. The van der Waals surface area contributed by atoms with Crippen LogP contribution in [-0.4, -0.2) is 15.8 Å². The monoisotopic (exact) mass is 408 g/mol. The van der Waals surface area contributed by atoms with E-state index >= 15 is 0 Å². The fourth-order valence-electron chi connectivity index (χ4n) is 5.60. The summed E-state index contributed by atoms with van der Waals surface area (Å²) in [4.78, 5) is 22.5. The van der Waals surface area contributed by atoms with E-state index in [1.807, 2.05) is 61.7 Å². The maximum atomic E-state index is 12.9. The normalized spacial score (nSPS) is 27.0. The van der Waals surface area contributed by atoms with Crippen LogP contribution < -0.4 is 5.32 Å². The van der Waals surface area contributed by atoms with Gasteiger partial charge in [-0.2, -0.15) is 5.26 Å². The summed E-state index contributed by atoms with van der Waals surface area (Å²) in [6, 6.07) is 22.4. The molecule has 2 aliphatic carbocycles. The molecule has 0 aliphatic heterocycles. The third kappa shape index (κ3) is 3.11. The third-order valence-corrected chi connectivity index (χ3v) is 7.04. The van der Waals surface area contributed by atoms with Crippen molar-refractivity contribution in [2.24, 2.45) is 17.8 Å². The lowest BCUT2D eigenvalue weighted by Crippen LogP contribution is -2.53. The molecule has 4 unspecified atom stereocenters. The number of nitrogens with one attached hydrogen (secondary N) is 1. The average Bonchev–Trinajstić information content (AvgIpc) is 2.82. The van der Waals surface area contributed by atoms with E-state index in [1.54, 1.807) is 0 Å². The number of aryl methyl sites for hydroxylation is 1. The van der Waals surface area contributed by atoms with E-state index in [4.69, 9.17) is 4.98 Å². The molecule has 5 nitrogen and oxygen atoms in total. The maximum absolute atomic E-state index is 12.9. The summed E-state index contributed by atoms with van der Waals surface area (Å²) in [5.41, 5.74) is 3.65. The highest BCUT2D eigenvalue weighted by molar-refractivity contribution is 5.87. The van der Waals surface area contributed by atoms with Crippen molar-refractivity contribution in [1.29, 1.82) is 5.26 Å². The number of para-hydroxylation sites is 1. The summed E-state index contributed by atoms with van der Waals surface area (Å²) in [7, 11) is 0. The van der Waals surface area contributed by atoms with Gasteiger partial charge in [0, 0.05) is 23.2 Å². The van der Waals surface area contributed by atoms with E-state index in [0.717, 1.165) is 35.3 Å². The Morgan fingerprint density at radius 3 is 2.52 bits per heavy atom. The van der Waals surface area contributed by atoms with Crippen LogP contribution in [0.5, 0.6) is 0 Å². The van der Waals surface area contributed by atoms with Crippen LogP contribution in [0.15, 0.2) is 66.9 Å². The van der Waals surface area contributed by atoms with Crippen molar-refractivity contribution in [1.82, 2.24) is 9.97 Å². The second-order valence-electron chi connectivity index (χ2n) is 8.62. The highest BCUT2D eigenvalue weighted by Crippen LogP contribution is 2.55. The fraction of sp³-hybridized carbons (Fsp3) is 0.308. The van der Waals surface area contributed by atoms with Crippen LogP contribution in [0.25, 0.3) is 0 Å². The number of nitrogens with zero attached hydrogens (tertiary/aromatic N) is 3. The molecule has 2 aromatic carbocycles. The smallest absolute Gasteiger partial charge is 0.227 e. The molecule has 2 aliphatic rings. The van der Waals surface area contributed by atoms with Gasteiger partial charge in [0.05, 0.1) is 11.8 Å². The van der Waals surface area contributed by atoms with Crippen molar-refractivity contribution >= 4 is 17.4 Å². The van der Waals surface area contributed by atoms with Crippen molar-refractivity contribution in [3.63, 3.8) is 0 Å². The molecular weight excluding hydrogens is 384 g/mol. The number of carbonyl (C=O) groups is 1. The number of anilines is 2. The number of fused-ring (bicyclic) bond motifs is 3. The summed E-state index contributed by atoms with van der Waals surface area (Å²) >= 11 is 0. The van der Waals surface area contributed by atoms with E-state index in [2.05, 4.69) is 28.5 Å². The Labute approximate surface area is 182 Å². The molecule has 1 saturated carbocycles. The Morgan fingerprint density at radius 2 is 1.81 bits per heavy atom. The molecule has 0 radical (unpaired) electrons. The standard InChI is InChI=1S/C26H24N4O/c1-17-22-13-12-18-16-28-25(29-21-10-6-3-7-11-21)30-24(18)26(22,14-19(15-27)23(17)31)20-8-4-2-5-9-20/h2-11,16-17,19,22H,12-14H2,1H3,(H,28,29,30). The second kappa shape index (κ2) is 7.63. The highest BCUT2D eigenvalue weighted by atomic mass is 16.1. The largest absolute Gasteiger partial charge is 0.324 e. The molecular formula is C26H24N4O. The minimum absolute atomic E-state index is 0.0687. The molecule has 31 heavy (non-hydrogen) atoms. The number of rotatable bonds is 3. The summed E-state index contributed by atoms with van der Waals surface area (Å²) in [5.74, 6) is -0.0951. The number of benzene rings is 2. The molecule has 4 atom stereocenters. The molecule has 0 saturated heterocycles. The van der Waals surface area contributed by atoms with Gasteiger partial charge in [0.2, 0.25) is 5.95 Å². The van der Waals surface area contributed by atoms with Crippen molar-refractivity contribution in [2.75, 3.05) is 5.32 Å². The predicted molar refractivity (Wildman–Crippen MR) is 119 cm³/mol. The van der Waals surface area contributed by atoms with Crippen LogP contribution in [0.4, 0.5) is 11.6 Å². The number of aromatic nitrogens is 2. The Kier molecular flexibility index (Phi) is 4.78. The minimum Gasteiger partial charge on any atom is -0.324 e. The lowest BCUT2D eigenvalue weighted by atomic mass is 9.51. The second-order valence-corrected chi connectivity index (χ2v) is 8.62. The molecule has 1 heterocycles. The van der Waals surface area contributed by atoms with E-state index in [-0.39, 0.29) is 17.6 Å². The van der Waals surface area contributed by atoms with Crippen molar-refractivity contribution in [3.8, 4) is 6.07 Å². The zero-order valence-electron chi connectivity index (χ0n) is 17.5. The van der Waals surface area contributed by atoms with Gasteiger partial charge in [-0.25, -0.2) is 9.97 Å². The molecule has 5 heteroatoms. The Morgan fingerprint density at radius 1 is 1.10 bits per heavy atom. The molecule has 1 aromatic heterocycles. The van der Waals surface area contributed by atoms with Crippen LogP contribution >= 0.6 is 0 Å². The summed E-state index contributed by atoms with van der Waals surface area (Å²) in [6.45, 7) is 1.99. The first kappa shape index (κ1) is 19.4. The number of carbonyl (C=O) groups excluding carboxylic acids is 1. The van der Waals surface area contributed by atoms with Gasteiger partial charge >= 0.3 is 0 Å². The fourth-order valence-corrected chi connectivity index (χ4v) is 5.60. The van der Waals surface area contributed by atoms with Crippen molar-refractivity contribution in [3.05, 3.63) is 83.7 Å². The SMILES string of the molecule is CC1C(=O)C(C#N)CC2(c3ccccc3)c3nc(Nc4ccccc4)ncc3CCC12. The quantitative estimate of drug-likeness (QED) is 0.672. The first-order valence-electron chi connectivity index (χ1n) is 10.8. The maximum Gasteiger partial charge on any atom is 0.227 e. The van der Waals surface area contributed by atoms with Gasteiger partial charge in [0.25, 0.3) is 0 Å². The molecule has 0 bridgehead atoms. The Bertz CT molecular complexity index is 1160. The van der Waals surface area contributed by atoms with Gasteiger partial charge in [0.15, 0.2) is 5.78 Å². The summed E-state index contributed by atoms with van der Waals surface area (Å²) in [5, 5.41) is 13.1. The van der Waals surface area contributed by atoms with Gasteiger partial charge in [-0.15, -0.1) is 0 Å². The summed E-state index contributed by atoms with van der Waals surface area (Å²) < 4.78 is 0. The lowest BCUT2D eigenvalue weighted by Gasteiger charge is -2.51. The van der Waals surface area contributed by atoms with Crippen LogP contribution in [-0.2, 0) is 16.6 Å². The van der Waals surface area contributed by atoms with E-state index in [9.17, 15) is 10.1 Å².